The Hall–Kier alpha value is -0.570. The van der Waals surface area contributed by atoms with Crippen molar-refractivity contribution in [3.63, 3.8) is 0 Å². The quantitative estimate of drug-likeness (QED) is 0.830. The van der Waals surface area contributed by atoms with Crippen LogP contribution in [-0.4, -0.2) is 37.5 Å². The lowest BCUT2D eigenvalue weighted by molar-refractivity contribution is 0.0702. The van der Waals surface area contributed by atoms with E-state index in [-0.39, 0.29) is 15.1 Å². The molecule has 1 aromatic heterocycles. The fraction of sp³-hybridized carbons (Fsp3) is 0.444. The van der Waals surface area contributed by atoms with Gasteiger partial charge in [-0.1, -0.05) is 0 Å². The largest absolute Gasteiger partial charge is 0.477 e. The first-order valence-corrected chi connectivity index (χ1v) is 8.40. The van der Waals surface area contributed by atoms with Crippen molar-refractivity contribution in [2.24, 2.45) is 0 Å². The Morgan fingerprint density at radius 2 is 2.24 bits per heavy atom. The number of nitrogens with one attached hydrogen (secondary N) is 1. The van der Waals surface area contributed by atoms with Crippen molar-refractivity contribution >= 4 is 39.1 Å². The molecule has 1 atom stereocenters. The summed E-state index contributed by atoms with van der Waals surface area (Å²) >= 11 is 2.29. The van der Waals surface area contributed by atoms with E-state index in [0.717, 1.165) is 11.3 Å². The minimum atomic E-state index is -3.60. The molecule has 0 radical (unpaired) electrons. The smallest absolute Gasteiger partial charge is 0.345 e. The molecule has 17 heavy (non-hydrogen) atoms. The summed E-state index contributed by atoms with van der Waals surface area (Å²) < 4.78 is 26.2. The first kappa shape index (κ1) is 14.5. The van der Waals surface area contributed by atoms with Crippen molar-refractivity contribution in [1.82, 2.24) is 4.72 Å². The molecule has 0 aliphatic carbocycles. The molecule has 0 fully saturated rings. The summed E-state index contributed by atoms with van der Waals surface area (Å²) in [5.74, 6) is -0.454. The van der Waals surface area contributed by atoms with E-state index in [9.17, 15) is 13.2 Å². The zero-order valence-corrected chi connectivity index (χ0v) is 11.8. The highest BCUT2D eigenvalue weighted by atomic mass is 32.2. The van der Waals surface area contributed by atoms with Crippen molar-refractivity contribution < 1.29 is 18.3 Å². The molecule has 1 aromatic rings. The van der Waals surface area contributed by atoms with Crippen LogP contribution in [0.4, 0.5) is 0 Å². The van der Waals surface area contributed by atoms with Gasteiger partial charge in [0.15, 0.2) is 0 Å². The number of rotatable bonds is 6. The number of thioether (sulfide) groups is 1. The number of hydrogen-bond donors (Lipinski definition) is 2. The lowest BCUT2D eigenvalue weighted by Gasteiger charge is -2.11. The van der Waals surface area contributed by atoms with E-state index in [2.05, 4.69) is 4.72 Å². The van der Waals surface area contributed by atoms with Crippen LogP contribution in [0.5, 0.6) is 0 Å². The second-order valence-electron chi connectivity index (χ2n) is 3.40. The molecule has 0 aliphatic rings. The summed E-state index contributed by atoms with van der Waals surface area (Å²) in [6.45, 7) is 1.76. The Morgan fingerprint density at radius 3 is 2.71 bits per heavy atom. The summed E-state index contributed by atoms with van der Waals surface area (Å²) in [6, 6.07) is 2.41. The molecule has 1 heterocycles. The third-order valence-electron chi connectivity index (χ3n) is 1.83. The Labute approximate surface area is 108 Å². The van der Waals surface area contributed by atoms with Gasteiger partial charge in [0.05, 0.1) is 0 Å². The Balaban J connectivity index is 2.86. The Kier molecular flexibility index (Phi) is 4.99. The molecule has 0 spiro atoms. The number of carboxylic acid groups (broad SMARTS) is 1. The molecule has 0 aliphatic heterocycles. The lowest BCUT2D eigenvalue weighted by Crippen LogP contribution is -2.33. The molecule has 0 saturated carbocycles. The molecule has 1 unspecified atom stereocenters. The highest BCUT2D eigenvalue weighted by molar-refractivity contribution is 7.98. The maximum absolute atomic E-state index is 11.9. The van der Waals surface area contributed by atoms with Crippen molar-refractivity contribution in [2.75, 3.05) is 12.0 Å². The number of aromatic carboxylic acids is 1. The maximum atomic E-state index is 11.9. The van der Waals surface area contributed by atoms with Crippen molar-refractivity contribution in [2.45, 2.75) is 17.2 Å². The van der Waals surface area contributed by atoms with Crippen molar-refractivity contribution in [3.05, 3.63) is 17.0 Å². The number of carboxylic acids is 1. The Morgan fingerprint density at radius 1 is 1.59 bits per heavy atom. The maximum Gasteiger partial charge on any atom is 0.345 e. The Bertz CT molecular complexity index is 494. The third-order valence-corrected chi connectivity index (χ3v) is 5.82. The number of sulfonamides is 1. The van der Waals surface area contributed by atoms with E-state index in [1.165, 1.54) is 23.9 Å². The zero-order chi connectivity index (χ0) is 13.1. The number of hydrogen-bond acceptors (Lipinski definition) is 5. The van der Waals surface area contributed by atoms with Gasteiger partial charge in [-0.25, -0.2) is 17.9 Å². The predicted octanol–water partition coefficient (Wildman–Crippen LogP) is 1.48. The van der Waals surface area contributed by atoms with Gasteiger partial charge in [0.1, 0.15) is 9.09 Å². The van der Waals surface area contributed by atoms with Gasteiger partial charge in [-0.05, 0) is 25.3 Å². The van der Waals surface area contributed by atoms with E-state index in [1.807, 2.05) is 6.26 Å². The van der Waals surface area contributed by atoms with Crippen molar-refractivity contribution in [3.8, 4) is 0 Å². The first-order chi connectivity index (χ1) is 7.86. The molecule has 0 amide bonds. The van der Waals surface area contributed by atoms with Crippen LogP contribution in [0.15, 0.2) is 16.3 Å². The van der Waals surface area contributed by atoms with E-state index in [4.69, 9.17) is 5.11 Å². The van der Waals surface area contributed by atoms with E-state index in [1.54, 1.807) is 6.92 Å². The van der Waals surface area contributed by atoms with Crippen LogP contribution in [0.1, 0.15) is 16.6 Å². The predicted molar refractivity (Wildman–Crippen MR) is 69.4 cm³/mol. The van der Waals surface area contributed by atoms with Gasteiger partial charge >= 0.3 is 5.97 Å². The monoisotopic (exact) mass is 295 g/mol. The van der Waals surface area contributed by atoms with Crippen LogP contribution in [0.3, 0.4) is 0 Å². The van der Waals surface area contributed by atoms with Gasteiger partial charge < -0.3 is 5.11 Å². The van der Waals surface area contributed by atoms with Gasteiger partial charge in [0.2, 0.25) is 10.0 Å². The molecule has 0 aromatic carbocycles. The van der Waals surface area contributed by atoms with Crippen molar-refractivity contribution in [1.29, 1.82) is 0 Å². The minimum Gasteiger partial charge on any atom is -0.477 e. The highest BCUT2D eigenvalue weighted by Crippen LogP contribution is 2.21. The third kappa shape index (κ3) is 3.98. The topological polar surface area (TPSA) is 83.5 Å². The summed E-state index contributed by atoms with van der Waals surface area (Å²) in [6.07, 6.45) is 1.89. The number of carbonyl (C=O) groups is 1. The lowest BCUT2D eigenvalue weighted by atomic mass is 10.4. The molecular formula is C9H13NO4S3. The molecule has 5 nitrogen and oxygen atoms in total. The molecule has 0 bridgehead atoms. The van der Waals surface area contributed by atoms with Crippen LogP contribution in [0.25, 0.3) is 0 Å². The van der Waals surface area contributed by atoms with Crippen LogP contribution in [0.2, 0.25) is 0 Å². The van der Waals surface area contributed by atoms with Crippen LogP contribution in [-0.2, 0) is 10.0 Å². The summed E-state index contributed by atoms with van der Waals surface area (Å²) in [7, 11) is -3.60. The van der Waals surface area contributed by atoms with Gasteiger partial charge in [-0.15, -0.1) is 11.3 Å². The van der Waals surface area contributed by atoms with E-state index in [0.29, 0.717) is 5.75 Å². The molecule has 96 valence electrons. The SMILES string of the molecule is CSCC(C)NS(=O)(=O)c1ccc(C(=O)O)s1. The molecule has 0 saturated heterocycles. The number of thiophene rings is 1. The van der Waals surface area contributed by atoms with Crippen LogP contribution >= 0.6 is 23.1 Å². The molecular weight excluding hydrogens is 282 g/mol. The van der Waals surface area contributed by atoms with E-state index < -0.39 is 16.0 Å². The average molecular weight is 295 g/mol. The first-order valence-electron chi connectivity index (χ1n) is 4.71. The molecule has 2 N–H and O–H groups in total. The summed E-state index contributed by atoms with van der Waals surface area (Å²) in [5, 5.41) is 8.72. The standard InChI is InChI=1S/C9H13NO4S3/c1-6(5-15-2)10-17(13,14)8-4-3-7(16-8)9(11)12/h3-4,6,10H,5H2,1-2H3,(H,11,12). The highest BCUT2D eigenvalue weighted by Gasteiger charge is 2.20. The summed E-state index contributed by atoms with van der Waals surface area (Å²) in [5.41, 5.74) is 0. The minimum absolute atomic E-state index is 0.0166. The van der Waals surface area contributed by atoms with Gasteiger partial charge in [0.25, 0.3) is 0 Å². The fourth-order valence-electron chi connectivity index (χ4n) is 1.19. The second kappa shape index (κ2) is 5.85. The zero-order valence-electron chi connectivity index (χ0n) is 9.34. The second-order valence-corrected chi connectivity index (χ2v) is 7.34. The van der Waals surface area contributed by atoms with Gasteiger partial charge in [-0.3, -0.25) is 0 Å². The molecule has 8 heteroatoms. The summed E-state index contributed by atoms with van der Waals surface area (Å²) in [4.78, 5) is 10.7. The average Bonchev–Trinajstić information content (AvgIpc) is 2.65. The fourth-order valence-corrected chi connectivity index (χ4v) is 4.28. The van der Waals surface area contributed by atoms with Gasteiger partial charge in [-0.2, -0.15) is 11.8 Å². The molecule has 1 rings (SSSR count). The normalized spacial score (nSPS) is 13.5. The van der Waals surface area contributed by atoms with E-state index >= 15 is 0 Å². The van der Waals surface area contributed by atoms with Crippen LogP contribution in [0, 0.1) is 0 Å². The van der Waals surface area contributed by atoms with Crippen LogP contribution < -0.4 is 4.72 Å². The van der Waals surface area contributed by atoms with Gasteiger partial charge in [0, 0.05) is 11.8 Å².